The van der Waals surface area contributed by atoms with Crippen LogP contribution < -0.4 is 15.5 Å². The van der Waals surface area contributed by atoms with Crippen LogP contribution in [0.4, 0.5) is 17.1 Å². The summed E-state index contributed by atoms with van der Waals surface area (Å²) in [7, 11) is 1.39. The highest BCUT2D eigenvalue weighted by atomic mass is 35.5. The summed E-state index contributed by atoms with van der Waals surface area (Å²) in [5, 5.41) is 7.16. The minimum atomic E-state index is -0.232. The molecule has 0 saturated carbocycles. The van der Waals surface area contributed by atoms with Gasteiger partial charge in [-0.3, -0.25) is 14.4 Å². The zero-order chi connectivity index (χ0) is 27.2. The highest BCUT2D eigenvalue weighted by Crippen LogP contribution is 2.40. The lowest BCUT2D eigenvalue weighted by atomic mass is 9.90. The van der Waals surface area contributed by atoms with Gasteiger partial charge in [0.05, 0.1) is 13.2 Å². The highest BCUT2D eigenvalue weighted by molar-refractivity contribution is 6.30. The van der Waals surface area contributed by atoms with Crippen molar-refractivity contribution in [1.29, 1.82) is 0 Å². The third-order valence-electron chi connectivity index (χ3n) is 6.75. The predicted molar refractivity (Wildman–Crippen MR) is 151 cm³/mol. The number of methoxy groups -OCH3 is 1. The van der Waals surface area contributed by atoms with Gasteiger partial charge in [-0.05, 0) is 91.9 Å². The van der Waals surface area contributed by atoms with Gasteiger partial charge in [0.15, 0.2) is 0 Å². The first-order chi connectivity index (χ1) is 18.2. The molecule has 0 radical (unpaired) electrons. The zero-order valence-electron chi connectivity index (χ0n) is 21.8. The van der Waals surface area contributed by atoms with Crippen molar-refractivity contribution in [2.75, 3.05) is 22.6 Å². The number of carbonyl (C=O) groups excluding carboxylic acids is 3. The number of benzene rings is 3. The molecule has 0 bridgehead atoms. The molecule has 2 N–H and O–H groups in total. The first kappa shape index (κ1) is 27.2. The minimum Gasteiger partial charge on any atom is -0.469 e. The molecular weight excluding hydrogens is 502 g/mol. The van der Waals surface area contributed by atoms with E-state index in [4.69, 9.17) is 11.6 Å². The molecule has 1 aliphatic heterocycles. The van der Waals surface area contributed by atoms with Gasteiger partial charge >= 0.3 is 5.97 Å². The fourth-order valence-electron chi connectivity index (χ4n) is 4.87. The normalized spacial score (nSPS) is 16.4. The van der Waals surface area contributed by atoms with Gasteiger partial charge in [0.1, 0.15) is 0 Å². The maximum absolute atomic E-state index is 13.2. The maximum atomic E-state index is 13.2. The molecule has 3 aromatic carbocycles. The molecule has 1 aliphatic rings. The lowest BCUT2D eigenvalue weighted by Crippen LogP contribution is -2.43. The molecule has 8 heteroatoms. The Hall–Kier alpha value is -3.84. The number of nitrogens with zero attached hydrogens (tertiary/aromatic N) is 1. The summed E-state index contributed by atoms with van der Waals surface area (Å²) in [6, 6.07) is 20.5. The van der Waals surface area contributed by atoms with Crippen molar-refractivity contribution in [2.45, 2.75) is 51.6 Å². The van der Waals surface area contributed by atoms with Crippen LogP contribution in [0, 0.1) is 0 Å². The number of anilines is 3. The van der Waals surface area contributed by atoms with Gasteiger partial charge in [-0.2, -0.15) is 0 Å². The third kappa shape index (κ3) is 6.53. The molecule has 3 aromatic rings. The monoisotopic (exact) mass is 533 g/mol. The predicted octanol–water partition coefficient (Wildman–Crippen LogP) is 6.39. The van der Waals surface area contributed by atoms with E-state index in [1.54, 1.807) is 17.9 Å². The van der Waals surface area contributed by atoms with Crippen molar-refractivity contribution < 1.29 is 19.1 Å². The summed E-state index contributed by atoms with van der Waals surface area (Å²) in [6.45, 7) is 3.59. The largest absolute Gasteiger partial charge is 0.469 e. The number of rotatable bonds is 8. The number of aryl methyl sites for hydroxylation is 1. The number of nitrogens with one attached hydrogen (secondary N) is 2. The smallest absolute Gasteiger partial charge is 0.305 e. The quantitative estimate of drug-likeness (QED) is 0.328. The van der Waals surface area contributed by atoms with Crippen molar-refractivity contribution >= 4 is 46.4 Å². The van der Waals surface area contributed by atoms with E-state index in [-0.39, 0.29) is 29.9 Å². The molecule has 198 valence electrons. The molecule has 0 aromatic heterocycles. The molecule has 2 atom stereocenters. The molecule has 7 nitrogen and oxygen atoms in total. The van der Waals surface area contributed by atoms with Crippen molar-refractivity contribution in [3.8, 4) is 0 Å². The molecule has 0 spiro atoms. The molecule has 1 heterocycles. The second-order valence-electron chi connectivity index (χ2n) is 9.53. The molecule has 0 aliphatic carbocycles. The van der Waals surface area contributed by atoms with E-state index >= 15 is 0 Å². The Bertz CT molecular complexity index is 1310. The van der Waals surface area contributed by atoms with E-state index < -0.39 is 0 Å². The number of esters is 1. The van der Waals surface area contributed by atoms with Crippen LogP contribution in [-0.2, 0) is 20.7 Å². The average molecular weight is 534 g/mol. The molecule has 2 unspecified atom stereocenters. The topological polar surface area (TPSA) is 87.7 Å². The van der Waals surface area contributed by atoms with Gasteiger partial charge in [-0.1, -0.05) is 23.7 Å². The van der Waals surface area contributed by atoms with E-state index in [1.807, 2.05) is 67.6 Å². The van der Waals surface area contributed by atoms with E-state index in [2.05, 4.69) is 15.4 Å². The van der Waals surface area contributed by atoms with Crippen LogP contribution in [0.25, 0.3) is 0 Å². The number of amides is 2. The minimum absolute atomic E-state index is 0.00406. The number of ether oxygens (including phenoxy) is 1. The van der Waals surface area contributed by atoms with Gasteiger partial charge in [-0.15, -0.1) is 0 Å². The second kappa shape index (κ2) is 12.1. The number of hydrogen-bond acceptors (Lipinski definition) is 5. The fraction of sp³-hybridized carbons (Fsp3) is 0.300. The van der Waals surface area contributed by atoms with Crippen LogP contribution in [-0.4, -0.2) is 30.9 Å². The first-order valence-electron chi connectivity index (χ1n) is 12.7. The number of hydrogen-bond donors (Lipinski definition) is 2. The van der Waals surface area contributed by atoms with Gasteiger partial charge in [-0.25, -0.2) is 0 Å². The van der Waals surface area contributed by atoms with E-state index in [9.17, 15) is 14.4 Å². The Kier molecular flexibility index (Phi) is 8.69. The van der Waals surface area contributed by atoms with Crippen LogP contribution in [0.3, 0.4) is 0 Å². The van der Waals surface area contributed by atoms with Crippen molar-refractivity contribution in [3.63, 3.8) is 0 Å². The fourth-order valence-corrected chi connectivity index (χ4v) is 4.99. The summed E-state index contributed by atoms with van der Waals surface area (Å²) < 4.78 is 4.68. The summed E-state index contributed by atoms with van der Waals surface area (Å²) in [4.78, 5) is 38.7. The Morgan fingerprint density at radius 1 is 1.00 bits per heavy atom. The van der Waals surface area contributed by atoms with Crippen LogP contribution in [0.15, 0.2) is 66.7 Å². The summed E-state index contributed by atoms with van der Waals surface area (Å²) >= 11 is 6.05. The molecule has 2 amide bonds. The third-order valence-corrected chi connectivity index (χ3v) is 7.00. The SMILES string of the molecule is COC(=O)CCCc1ccc(NC(=O)c2ccc3c(c2)C(Nc2ccc(Cl)cc2)CC(C)N3C(C)=O)cc1. The number of halogens is 1. The Morgan fingerprint density at radius 3 is 2.34 bits per heavy atom. The highest BCUT2D eigenvalue weighted by Gasteiger charge is 2.33. The molecule has 4 rings (SSSR count). The van der Waals surface area contributed by atoms with Crippen molar-refractivity contribution in [1.82, 2.24) is 0 Å². The number of fused-ring (bicyclic) bond motifs is 1. The maximum Gasteiger partial charge on any atom is 0.305 e. The molecule has 38 heavy (non-hydrogen) atoms. The Balaban J connectivity index is 1.52. The standard InChI is InChI=1S/C30H32ClN3O4/c1-19-17-27(32-24-14-10-23(31)11-15-24)26-18-22(9-16-28(26)34(19)20(2)35)30(37)33-25-12-7-21(8-13-25)5-4-6-29(36)38-3/h7-16,18-19,27,32H,4-6,17H2,1-3H3,(H,33,37). The van der Waals surface area contributed by atoms with Crippen LogP contribution in [0.5, 0.6) is 0 Å². The molecule has 0 fully saturated rings. The molecule has 0 saturated heterocycles. The van der Waals surface area contributed by atoms with E-state index in [0.717, 1.165) is 28.9 Å². The Morgan fingerprint density at radius 2 is 1.68 bits per heavy atom. The summed E-state index contributed by atoms with van der Waals surface area (Å²) in [6.07, 6.45) is 2.52. The second-order valence-corrected chi connectivity index (χ2v) is 9.97. The van der Waals surface area contributed by atoms with Gasteiger partial charge in [0, 0.05) is 47.0 Å². The van der Waals surface area contributed by atoms with E-state index in [1.165, 1.54) is 7.11 Å². The lowest BCUT2D eigenvalue weighted by Gasteiger charge is -2.39. The van der Waals surface area contributed by atoms with Crippen LogP contribution >= 0.6 is 11.6 Å². The average Bonchev–Trinajstić information content (AvgIpc) is 2.90. The molecular formula is C30H32ClN3O4. The summed E-state index contributed by atoms with van der Waals surface area (Å²) in [5.74, 6) is -0.484. The van der Waals surface area contributed by atoms with Crippen LogP contribution in [0.1, 0.15) is 60.6 Å². The first-order valence-corrected chi connectivity index (χ1v) is 13.1. The van der Waals surface area contributed by atoms with Gasteiger partial charge < -0.3 is 20.3 Å². The van der Waals surface area contributed by atoms with Crippen molar-refractivity contribution in [3.05, 3.63) is 88.4 Å². The van der Waals surface area contributed by atoms with E-state index in [0.29, 0.717) is 35.5 Å². The number of carbonyl (C=O) groups is 3. The zero-order valence-corrected chi connectivity index (χ0v) is 22.5. The van der Waals surface area contributed by atoms with Gasteiger partial charge in [0.2, 0.25) is 5.91 Å². The lowest BCUT2D eigenvalue weighted by molar-refractivity contribution is -0.140. The van der Waals surface area contributed by atoms with Gasteiger partial charge in [0.25, 0.3) is 5.91 Å². The Labute approximate surface area is 228 Å². The van der Waals surface area contributed by atoms with Crippen molar-refractivity contribution in [2.24, 2.45) is 0 Å². The summed E-state index contributed by atoms with van der Waals surface area (Å²) in [5.41, 5.74) is 4.87. The van der Waals surface area contributed by atoms with Crippen LogP contribution in [0.2, 0.25) is 5.02 Å².